The molecule has 0 atom stereocenters. The van der Waals surface area contributed by atoms with E-state index < -0.39 is 0 Å². The number of methoxy groups -OCH3 is 1. The van der Waals surface area contributed by atoms with Crippen LogP contribution in [-0.2, 0) is 16.1 Å². The van der Waals surface area contributed by atoms with Gasteiger partial charge in [0.05, 0.1) is 13.2 Å². The maximum absolute atomic E-state index is 12.0. The third-order valence-corrected chi connectivity index (χ3v) is 2.54. The molecule has 0 unspecified atom stereocenters. The Labute approximate surface area is 113 Å². The van der Waals surface area contributed by atoms with Gasteiger partial charge >= 0.3 is 0 Å². The summed E-state index contributed by atoms with van der Waals surface area (Å²) in [5.74, 6) is -0.446. The lowest BCUT2D eigenvalue weighted by atomic mass is 10.1. The number of ether oxygens (including phenoxy) is 1. The average molecular weight is 264 g/mol. The average Bonchev–Trinajstić information content (AvgIpc) is 2.43. The molecule has 0 saturated carbocycles. The number of carbonyl (C=O) groups excluding carboxylic acids is 2. The molecule has 0 aliphatic rings. The Morgan fingerprint density at radius 2 is 1.95 bits per heavy atom. The second-order valence-electron chi connectivity index (χ2n) is 4.12. The third-order valence-electron chi connectivity index (χ3n) is 2.54. The highest BCUT2D eigenvalue weighted by Crippen LogP contribution is 2.09. The van der Waals surface area contributed by atoms with Crippen LogP contribution in [0.15, 0.2) is 24.3 Å². The van der Waals surface area contributed by atoms with Crippen molar-refractivity contribution in [1.29, 1.82) is 0 Å². The molecule has 19 heavy (non-hydrogen) atoms. The van der Waals surface area contributed by atoms with Gasteiger partial charge in [0.1, 0.15) is 0 Å². The molecule has 0 radical (unpaired) electrons. The minimum absolute atomic E-state index is 0.0137. The maximum Gasteiger partial charge on any atom is 0.252 e. The van der Waals surface area contributed by atoms with E-state index >= 15 is 0 Å². The van der Waals surface area contributed by atoms with Gasteiger partial charge in [-0.05, 0) is 18.1 Å². The van der Waals surface area contributed by atoms with Crippen molar-refractivity contribution in [3.05, 3.63) is 35.4 Å². The Kier molecular flexibility index (Phi) is 6.60. The molecule has 0 spiro atoms. The SMILES string of the molecule is CCCNC(=O)CNC(=O)c1ccccc1COC. The summed E-state index contributed by atoms with van der Waals surface area (Å²) < 4.78 is 5.04. The smallest absolute Gasteiger partial charge is 0.252 e. The van der Waals surface area contributed by atoms with Crippen LogP contribution in [0.4, 0.5) is 0 Å². The lowest BCUT2D eigenvalue weighted by molar-refractivity contribution is -0.120. The Hall–Kier alpha value is -1.88. The van der Waals surface area contributed by atoms with Crippen molar-refractivity contribution in [2.24, 2.45) is 0 Å². The number of rotatable bonds is 7. The molecule has 1 aromatic carbocycles. The molecule has 1 aromatic rings. The van der Waals surface area contributed by atoms with Crippen molar-refractivity contribution in [1.82, 2.24) is 10.6 Å². The summed E-state index contributed by atoms with van der Waals surface area (Å²) in [6.45, 7) is 2.95. The molecule has 0 aliphatic carbocycles. The third kappa shape index (κ3) is 5.09. The Morgan fingerprint density at radius 1 is 1.21 bits per heavy atom. The number of hydrogen-bond acceptors (Lipinski definition) is 3. The van der Waals surface area contributed by atoms with E-state index in [1.807, 2.05) is 19.1 Å². The van der Waals surface area contributed by atoms with Gasteiger partial charge in [-0.15, -0.1) is 0 Å². The summed E-state index contributed by atoms with van der Waals surface area (Å²) in [7, 11) is 1.58. The first-order valence-electron chi connectivity index (χ1n) is 6.30. The quantitative estimate of drug-likeness (QED) is 0.774. The Bertz CT molecular complexity index is 432. The number of amides is 2. The van der Waals surface area contributed by atoms with E-state index in [-0.39, 0.29) is 18.4 Å². The highest BCUT2D eigenvalue weighted by atomic mass is 16.5. The van der Waals surface area contributed by atoms with Crippen LogP contribution in [0.5, 0.6) is 0 Å². The van der Waals surface area contributed by atoms with Gasteiger partial charge in [-0.25, -0.2) is 0 Å². The minimum Gasteiger partial charge on any atom is -0.380 e. The van der Waals surface area contributed by atoms with Crippen molar-refractivity contribution in [3.63, 3.8) is 0 Å². The highest BCUT2D eigenvalue weighted by molar-refractivity contribution is 5.97. The second-order valence-corrected chi connectivity index (χ2v) is 4.12. The molecule has 0 aliphatic heterocycles. The van der Waals surface area contributed by atoms with Gasteiger partial charge in [0.25, 0.3) is 5.91 Å². The van der Waals surface area contributed by atoms with Crippen molar-refractivity contribution in [2.45, 2.75) is 20.0 Å². The summed E-state index contributed by atoms with van der Waals surface area (Å²) in [5, 5.41) is 5.30. The number of hydrogen-bond donors (Lipinski definition) is 2. The topological polar surface area (TPSA) is 67.4 Å². The first kappa shape index (κ1) is 15.2. The molecule has 2 amide bonds. The first-order chi connectivity index (χ1) is 9.19. The van der Waals surface area contributed by atoms with E-state index in [2.05, 4.69) is 10.6 Å². The lowest BCUT2D eigenvalue weighted by Crippen LogP contribution is -2.37. The van der Waals surface area contributed by atoms with E-state index in [1.165, 1.54) is 0 Å². The van der Waals surface area contributed by atoms with Gasteiger partial charge in [0.2, 0.25) is 5.91 Å². The van der Waals surface area contributed by atoms with Crippen LogP contribution in [0.3, 0.4) is 0 Å². The van der Waals surface area contributed by atoms with E-state index in [0.29, 0.717) is 18.7 Å². The monoisotopic (exact) mass is 264 g/mol. The number of nitrogens with one attached hydrogen (secondary N) is 2. The van der Waals surface area contributed by atoms with E-state index in [1.54, 1.807) is 19.2 Å². The molecule has 0 aromatic heterocycles. The Balaban J connectivity index is 2.56. The lowest BCUT2D eigenvalue weighted by Gasteiger charge is -2.09. The van der Waals surface area contributed by atoms with Gasteiger partial charge in [-0.2, -0.15) is 0 Å². The zero-order valence-corrected chi connectivity index (χ0v) is 11.4. The predicted molar refractivity (Wildman–Crippen MR) is 72.8 cm³/mol. The summed E-state index contributed by atoms with van der Waals surface area (Å²) in [4.78, 5) is 23.4. The van der Waals surface area contributed by atoms with Crippen molar-refractivity contribution in [3.8, 4) is 0 Å². The standard InChI is InChI=1S/C14H20N2O3/c1-3-8-15-13(17)9-16-14(18)12-7-5-4-6-11(12)10-19-2/h4-7H,3,8-10H2,1-2H3,(H,15,17)(H,16,18). The van der Waals surface area contributed by atoms with Crippen molar-refractivity contribution >= 4 is 11.8 Å². The van der Waals surface area contributed by atoms with E-state index in [4.69, 9.17) is 4.74 Å². The summed E-state index contributed by atoms with van der Waals surface area (Å²) in [6.07, 6.45) is 0.871. The Morgan fingerprint density at radius 3 is 2.63 bits per heavy atom. The van der Waals surface area contributed by atoms with Crippen LogP contribution < -0.4 is 10.6 Å². The van der Waals surface area contributed by atoms with Crippen LogP contribution >= 0.6 is 0 Å². The zero-order chi connectivity index (χ0) is 14.1. The van der Waals surface area contributed by atoms with Crippen LogP contribution in [0.25, 0.3) is 0 Å². The minimum atomic E-state index is -0.265. The van der Waals surface area contributed by atoms with Crippen molar-refractivity contribution in [2.75, 3.05) is 20.2 Å². The molecule has 5 heteroatoms. The molecule has 5 nitrogen and oxygen atoms in total. The van der Waals surface area contributed by atoms with Gasteiger partial charge in [0, 0.05) is 19.2 Å². The molecular formula is C14H20N2O3. The van der Waals surface area contributed by atoms with Gasteiger partial charge < -0.3 is 15.4 Å². The molecule has 0 saturated heterocycles. The van der Waals surface area contributed by atoms with E-state index in [0.717, 1.165) is 12.0 Å². The maximum atomic E-state index is 12.0. The highest BCUT2D eigenvalue weighted by Gasteiger charge is 2.11. The van der Waals surface area contributed by atoms with Crippen molar-refractivity contribution < 1.29 is 14.3 Å². The van der Waals surface area contributed by atoms with Gasteiger partial charge in [-0.3, -0.25) is 9.59 Å². The largest absolute Gasteiger partial charge is 0.380 e. The first-order valence-corrected chi connectivity index (χ1v) is 6.30. The summed E-state index contributed by atoms with van der Waals surface area (Å²) >= 11 is 0. The van der Waals surface area contributed by atoms with Gasteiger partial charge in [-0.1, -0.05) is 25.1 Å². The number of benzene rings is 1. The fraction of sp³-hybridized carbons (Fsp3) is 0.429. The fourth-order valence-corrected chi connectivity index (χ4v) is 1.61. The van der Waals surface area contributed by atoms with Crippen LogP contribution in [0.2, 0.25) is 0 Å². The second kappa shape index (κ2) is 8.26. The predicted octanol–water partition coefficient (Wildman–Crippen LogP) is 1.09. The molecule has 1 rings (SSSR count). The summed E-state index contributed by atoms with van der Waals surface area (Å²) in [6, 6.07) is 7.17. The van der Waals surface area contributed by atoms with Crippen LogP contribution in [-0.4, -0.2) is 32.0 Å². The van der Waals surface area contributed by atoms with E-state index in [9.17, 15) is 9.59 Å². The number of carbonyl (C=O) groups is 2. The summed E-state index contributed by atoms with van der Waals surface area (Å²) in [5.41, 5.74) is 1.34. The van der Waals surface area contributed by atoms with Crippen LogP contribution in [0.1, 0.15) is 29.3 Å². The molecular weight excluding hydrogens is 244 g/mol. The molecule has 0 bridgehead atoms. The molecule has 0 fully saturated rings. The fourth-order valence-electron chi connectivity index (χ4n) is 1.61. The van der Waals surface area contributed by atoms with Crippen LogP contribution in [0, 0.1) is 0 Å². The molecule has 104 valence electrons. The molecule has 0 heterocycles. The zero-order valence-electron chi connectivity index (χ0n) is 11.4. The van der Waals surface area contributed by atoms with Gasteiger partial charge in [0.15, 0.2) is 0 Å². The normalized spacial score (nSPS) is 10.0. The molecule has 2 N–H and O–H groups in total.